The summed E-state index contributed by atoms with van der Waals surface area (Å²) in [6, 6.07) is 3.44. The highest BCUT2D eigenvalue weighted by molar-refractivity contribution is 6.32. The van der Waals surface area contributed by atoms with E-state index in [-0.39, 0.29) is 16.7 Å². The number of aliphatic carboxylic acids is 1. The van der Waals surface area contributed by atoms with Crippen molar-refractivity contribution >= 4 is 34.9 Å². The normalized spacial score (nSPS) is 12.1. The number of hydrogen-bond acceptors (Lipinski definition) is 3. The fraction of sp³-hybridized carbons (Fsp3) is 0.222. The van der Waals surface area contributed by atoms with E-state index < -0.39 is 12.0 Å². The summed E-state index contributed by atoms with van der Waals surface area (Å²) in [6.07, 6.45) is 0. The van der Waals surface area contributed by atoms with Crippen LogP contribution in [-0.4, -0.2) is 28.1 Å². The lowest BCUT2D eigenvalue weighted by Crippen LogP contribution is -2.30. The van der Waals surface area contributed by atoms with Gasteiger partial charge in [0.2, 0.25) is 0 Å². The molecular formula is C9H9Cl2NO3. The van der Waals surface area contributed by atoms with E-state index in [9.17, 15) is 4.79 Å². The van der Waals surface area contributed by atoms with Crippen molar-refractivity contribution in [2.45, 2.75) is 6.04 Å². The van der Waals surface area contributed by atoms with E-state index in [0.29, 0.717) is 5.69 Å². The first kappa shape index (κ1) is 11.9. The molecule has 1 rings (SSSR count). The molecular weight excluding hydrogens is 241 g/mol. The minimum atomic E-state index is -1.05. The maximum atomic E-state index is 10.7. The zero-order chi connectivity index (χ0) is 11.4. The van der Waals surface area contributed by atoms with E-state index in [1.165, 1.54) is 18.2 Å². The average Bonchev–Trinajstić information content (AvgIpc) is 2.19. The molecule has 0 heterocycles. The van der Waals surface area contributed by atoms with Crippen LogP contribution in [0.3, 0.4) is 0 Å². The lowest BCUT2D eigenvalue weighted by Gasteiger charge is -2.13. The fourth-order valence-corrected chi connectivity index (χ4v) is 1.35. The molecule has 15 heavy (non-hydrogen) atoms. The molecule has 0 fully saturated rings. The summed E-state index contributed by atoms with van der Waals surface area (Å²) in [7, 11) is 0. The van der Waals surface area contributed by atoms with Crippen molar-refractivity contribution in [3.05, 3.63) is 23.2 Å². The smallest absolute Gasteiger partial charge is 0.327 e. The summed E-state index contributed by atoms with van der Waals surface area (Å²) in [5, 5.41) is 20.7. The van der Waals surface area contributed by atoms with Crippen LogP contribution >= 0.6 is 23.2 Å². The topological polar surface area (TPSA) is 69.6 Å². The zero-order valence-corrected chi connectivity index (χ0v) is 9.09. The predicted molar refractivity (Wildman–Crippen MR) is 58.9 cm³/mol. The third-order valence-electron chi connectivity index (χ3n) is 1.74. The SMILES string of the molecule is O=C(O)C(CCl)Nc1ccc(O)c(Cl)c1. The highest BCUT2D eigenvalue weighted by atomic mass is 35.5. The van der Waals surface area contributed by atoms with Gasteiger partial charge in [0.15, 0.2) is 0 Å². The summed E-state index contributed by atoms with van der Waals surface area (Å²) in [4.78, 5) is 10.7. The Balaban J connectivity index is 2.80. The average molecular weight is 250 g/mol. The number of carboxylic acid groups (broad SMARTS) is 1. The van der Waals surface area contributed by atoms with Crippen LogP contribution in [0.5, 0.6) is 5.75 Å². The number of benzene rings is 1. The second-order valence-electron chi connectivity index (χ2n) is 2.86. The largest absolute Gasteiger partial charge is 0.506 e. The van der Waals surface area contributed by atoms with Crippen molar-refractivity contribution in [2.24, 2.45) is 0 Å². The lowest BCUT2D eigenvalue weighted by atomic mass is 10.2. The fourth-order valence-electron chi connectivity index (χ4n) is 0.964. The van der Waals surface area contributed by atoms with Gasteiger partial charge in [-0.15, -0.1) is 11.6 Å². The number of aromatic hydroxyl groups is 1. The second-order valence-corrected chi connectivity index (χ2v) is 3.57. The van der Waals surface area contributed by atoms with Crippen LogP contribution in [0.2, 0.25) is 5.02 Å². The van der Waals surface area contributed by atoms with Crippen molar-refractivity contribution in [3.8, 4) is 5.75 Å². The van der Waals surface area contributed by atoms with Crippen LogP contribution in [0, 0.1) is 0 Å². The number of alkyl halides is 1. The summed E-state index contributed by atoms with van der Waals surface area (Å²) >= 11 is 11.1. The van der Waals surface area contributed by atoms with E-state index >= 15 is 0 Å². The van der Waals surface area contributed by atoms with Gasteiger partial charge < -0.3 is 15.5 Å². The van der Waals surface area contributed by atoms with Crippen LogP contribution in [0.1, 0.15) is 0 Å². The Kier molecular flexibility index (Phi) is 4.05. The van der Waals surface area contributed by atoms with Crippen molar-refractivity contribution < 1.29 is 15.0 Å². The molecule has 1 aromatic carbocycles. The Labute approximate surface area is 96.4 Å². The van der Waals surface area contributed by atoms with Gasteiger partial charge in [0.1, 0.15) is 11.8 Å². The van der Waals surface area contributed by atoms with E-state index in [2.05, 4.69) is 5.32 Å². The van der Waals surface area contributed by atoms with Crippen molar-refractivity contribution in [1.82, 2.24) is 0 Å². The molecule has 1 atom stereocenters. The maximum Gasteiger partial charge on any atom is 0.327 e. The minimum Gasteiger partial charge on any atom is -0.506 e. The van der Waals surface area contributed by atoms with Crippen LogP contribution in [-0.2, 0) is 4.79 Å². The van der Waals surface area contributed by atoms with Crippen molar-refractivity contribution in [3.63, 3.8) is 0 Å². The van der Waals surface area contributed by atoms with Gasteiger partial charge in [-0.2, -0.15) is 0 Å². The standard InChI is InChI=1S/C9H9Cl2NO3/c10-4-7(9(14)15)12-5-1-2-8(13)6(11)3-5/h1-3,7,12-13H,4H2,(H,14,15). The molecule has 1 unspecified atom stereocenters. The third-order valence-corrected chi connectivity index (χ3v) is 2.35. The molecule has 0 aliphatic heterocycles. The first-order chi connectivity index (χ1) is 7.04. The maximum absolute atomic E-state index is 10.7. The Bertz CT molecular complexity index is 370. The summed E-state index contributed by atoms with van der Waals surface area (Å²) in [5.41, 5.74) is 0.492. The summed E-state index contributed by atoms with van der Waals surface area (Å²) in [5.74, 6) is -1.16. The van der Waals surface area contributed by atoms with Crippen LogP contribution < -0.4 is 5.32 Å². The van der Waals surface area contributed by atoms with E-state index in [1.54, 1.807) is 0 Å². The Hall–Kier alpha value is -1.13. The molecule has 0 spiro atoms. The van der Waals surface area contributed by atoms with Crippen molar-refractivity contribution in [2.75, 3.05) is 11.2 Å². The molecule has 0 aromatic heterocycles. The van der Waals surface area contributed by atoms with Gasteiger partial charge in [-0.3, -0.25) is 0 Å². The van der Waals surface area contributed by atoms with Gasteiger partial charge in [-0.1, -0.05) is 11.6 Å². The molecule has 3 N–H and O–H groups in total. The predicted octanol–water partition coefficient (Wildman–Crippen LogP) is 2.15. The molecule has 0 aliphatic carbocycles. The molecule has 0 radical (unpaired) electrons. The number of hydrogen-bond donors (Lipinski definition) is 3. The number of halogens is 2. The molecule has 0 bridgehead atoms. The number of phenolic OH excluding ortho intramolecular Hbond substituents is 1. The highest BCUT2D eigenvalue weighted by Gasteiger charge is 2.15. The van der Waals surface area contributed by atoms with Gasteiger partial charge in [0.25, 0.3) is 0 Å². The number of anilines is 1. The van der Waals surface area contributed by atoms with Crippen molar-refractivity contribution in [1.29, 1.82) is 0 Å². The molecule has 82 valence electrons. The molecule has 4 nitrogen and oxygen atoms in total. The third kappa shape index (κ3) is 3.18. The van der Waals surface area contributed by atoms with E-state index in [1.807, 2.05) is 0 Å². The molecule has 0 saturated carbocycles. The van der Waals surface area contributed by atoms with Gasteiger partial charge in [-0.05, 0) is 18.2 Å². The van der Waals surface area contributed by atoms with Gasteiger partial charge >= 0.3 is 5.97 Å². The highest BCUT2D eigenvalue weighted by Crippen LogP contribution is 2.26. The molecule has 0 aliphatic rings. The summed E-state index contributed by atoms with van der Waals surface area (Å²) < 4.78 is 0. The summed E-state index contributed by atoms with van der Waals surface area (Å²) in [6.45, 7) is 0. The molecule has 6 heteroatoms. The van der Waals surface area contributed by atoms with Gasteiger partial charge in [-0.25, -0.2) is 4.79 Å². The van der Waals surface area contributed by atoms with Gasteiger partial charge in [0, 0.05) is 5.69 Å². The Morgan fingerprint density at radius 1 is 1.53 bits per heavy atom. The zero-order valence-electron chi connectivity index (χ0n) is 7.58. The number of carbonyl (C=O) groups is 1. The second kappa shape index (κ2) is 5.09. The van der Waals surface area contributed by atoms with E-state index in [4.69, 9.17) is 33.4 Å². The number of phenols is 1. The van der Waals surface area contributed by atoms with Crippen LogP contribution in [0.25, 0.3) is 0 Å². The monoisotopic (exact) mass is 249 g/mol. The Morgan fingerprint density at radius 3 is 2.67 bits per heavy atom. The first-order valence-corrected chi connectivity index (χ1v) is 4.99. The minimum absolute atomic E-state index is 0.0556. The van der Waals surface area contributed by atoms with Crippen LogP contribution in [0.4, 0.5) is 5.69 Å². The van der Waals surface area contributed by atoms with Gasteiger partial charge in [0.05, 0.1) is 10.9 Å². The molecule has 0 saturated heterocycles. The quantitative estimate of drug-likeness (QED) is 0.565. The van der Waals surface area contributed by atoms with Crippen LogP contribution in [0.15, 0.2) is 18.2 Å². The Morgan fingerprint density at radius 2 is 2.20 bits per heavy atom. The number of rotatable bonds is 4. The first-order valence-electron chi connectivity index (χ1n) is 4.08. The number of carboxylic acids is 1. The molecule has 0 amide bonds. The number of nitrogens with one attached hydrogen (secondary N) is 1. The van der Waals surface area contributed by atoms with E-state index in [0.717, 1.165) is 0 Å². The lowest BCUT2D eigenvalue weighted by molar-refractivity contribution is -0.137. The molecule has 1 aromatic rings.